The van der Waals surface area contributed by atoms with Gasteiger partial charge in [0.15, 0.2) is 9.84 Å². The zero-order valence-electron chi connectivity index (χ0n) is 12.5. The second kappa shape index (κ2) is 5.38. The molecule has 1 aliphatic carbocycles. The smallest absolute Gasteiger partial charge is 0.181 e. The molecule has 2 fully saturated rings. The van der Waals surface area contributed by atoms with Gasteiger partial charge in [-0.25, -0.2) is 18.2 Å². The Bertz CT molecular complexity index is 598. The van der Waals surface area contributed by atoms with Crippen LogP contribution in [0.1, 0.15) is 33.1 Å². The van der Waals surface area contributed by atoms with Gasteiger partial charge in [0.2, 0.25) is 0 Å². The van der Waals surface area contributed by atoms with E-state index in [2.05, 4.69) is 6.92 Å². The molecule has 1 aromatic rings. The van der Waals surface area contributed by atoms with Crippen LogP contribution in [0.15, 0.2) is 35.2 Å². The van der Waals surface area contributed by atoms with Crippen LogP contribution in [0.5, 0.6) is 0 Å². The van der Waals surface area contributed by atoms with Crippen molar-refractivity contribution in [1.82, 2.24) is 0 Å². The van der Waals surface area contributed by atoms with Gasteiger partial charge >= 0.3 is 0 Å². The van der Waals surface area contributed by atoms with Gasteiger partial charge in [-0.15, -0.1) is 0 Å². The monoisotopic (exact) mass is 310 g/mol. The minimum Gasteiger partial charge on any atom is -0.232 e. The molecule has 0 aromatic heterocycles. The highest BCUT2D eigenvalue weighted by atomic mass is 32.2. The minimum absolute atomic E-state index is 0.0320. The highest BCUT2D eigenvalue weighted by Gasteiger charge is 2.49. The van der Waals surface area contributed by atoms with Crippen molar-refractivity contribution >= 4 is 9.84 Å². The lowest BCUT2D eigenvalue weighted by Crippen LogP contribution is -2.53. The SMILES string of the molecule is C[C@H]1CC[C@@H]2C[C@H]1OO[C@]2(C)CS(=O)(=O)c1ccccc1. The van der Waals surface area contributed by atoms with Crippen molar-refractivity contribution in [3.05, 3.63) is 30.3 Å². The maximum atomic E-state index is 12.6. The predicted octanol–water partition coefficient (Wildman–Crippen LogP) is 2.99. The molecule has 4 atom stereocenters. The van der Waals surface area contributed by atoms with Crippen molar-refractivity contribution in [1.29, 1.82) is 0 Å². The Kier molecular flexibility index (Phi) is 3.84. The zero-order valence-corrected chi connectivity index (χ0v) is 13.3. The highest BCUT2D eigenvalue weighted by Crippen LogP contribution is 2.44. The molecule has 5 heteroatoms. The van der Waals surface area contributed by atoms with Gasteiger partial charge in [-0.2, -0.15) is 0 Å². The van der Waals surface area contributed by atoms with Crippen molar-refractivity contribution in [3.8, 4) is 0 Å². The largest absolute Gasteiger partial charge is 0.232 e. The molecule has 1 saturated carbocycles. The Hall–Kier alpha value is -0.910. The number of sulfone groups is 1. The summed E-state index contributed by atoms with van der Waals surface area (Å²) in [5.74, 6) is 0.693. The van der Waals surface area contributed by atoms with Crippen molar-refractivity contribution in [2.75, 3.05) is 5.75 Å². The van der Waals surface area contributed by atoms with E-state index < -0.39 is 15.4 Å². The van der Waals surface area contributed by atoms with Gasteiger partial charge in [0.1, 0.15) is 5.60 Å². The summed E-state index contributed by atoms with van der Waals surface area (Å²) in [6, 6.07) is 8.56. The molecule has 0 unspecified atom stereocenters. The van der Waals surface area contributed by atoms with Crippen LogP contribution in [0, 0.1) is 11.8 Å². The standard InChI is InChI=1S/C16H22O4S/c1-12-8-9-13-10-15(12)19-20-16(13,2)11-21(17,18)14-6-4-3-5-7-14/h3-7,12-13,15H,8-11H2,1-2H3/t12-,13+,15+,16+/m0/s1. The lowest BCUT2D eigenvalue weighted by molar-refractivity contribution is -0.427. The van der Waals surface area contributed by atoms with Crippen LogP contribution in [-0.4, -0.2) is 25.9 Å². The van der Waals surface area contributed by atoms with Gasteiger partial charge in [0, 0.05) is 0 Å². The normalized spacial score (nSPS) is 36.4. The van der Waals surface area contributed by atoms with Gasteiger partial charge in [0.05, 0.1) is 16.8 Å². The maximum Gasteiger partial charge on any atom is 0.181 e. The van der Waals surface area contributed by atoms with Crippen molar-refractivity contribution in [2.24, 2.45) is 11.8 Å². The summed E-state index contributed by atoms with van der Waals surface area (Å²) in [4.78, 5) is 11.4. The average molecular weight is 310 g/mol. The summed E-state index contributed by atoms with van der Waals surface area (Å²) in [6.07, 6.45) is 3.07. The fraction of sp³-hybridized carbons (Fsp3) is 0.625. The summed E-state index contributed by atoms with van der Waals surface area (Å²) < 4.78 is 25.2. The maximum absolute atomic E-state index is 12.6. The summed E-state index contributed by atoms with van der Waals surface area (Å²) >= 11 is 0. The molecular formula is C16H22O4S. The second-order valence-corrected chi connectivity index (χ2v) is 8.58. The second-order valence-electron chi connectivity index (χ2n) is 6.59. The quantitative estimate of drug-likeness (QED) is 0.805. The number of rotatable bonds is 3. The third-order valence-electron chi connectivity index (χ3n) is 4.93. The Balaban J connectivity index is 1.81. The Morgan fingerprint density at radius 2 is 1.95 bits per heavy atom. The minimum atomic E-state index is -3.37. The number of hydrogen-bond donors (Lipinski definition) is 0. The molecule has 0 radical (unpaired) electrons. The summed E-state index contributed by atoms with van der Waals surface area (Å²) in [7, 11) is -3.37. The molecule has 0 amide bonds. The summed E-state index contributed by atoms with van der Waals surface area (Å²) in [5, 5.41) is 0. The van der Waals surface area contributed by atoms with E-state index in [4.69, 9.17) is 9.78 Å². The van der Waals surface area contributed by atoms with Crippen LogP contribution in [0.2, 0.25) is 0 Å². The van der Waals surface area contributed by atoms with E-state index in [1.807, 2.05) is 13.0 Å². The molecule has 1 aromatic carbocycles. The summed E-state index contributed by atoms with van der Waals surface area (Å²) in [6.45, 7) is 4.03. The topological polar surface area (TPSA) is 52.6 Å². The molecule has 4 nitrogen and oxygen atoms in total. The molecule has 3 rings (SSSR count). The molecule has 1 saturated heterocycles. The molecule has 0 N–H and O–H groups in total. The van der Waals surface area contributed by atoms with Crippen molar-refractivity contribution < 1.29 is 18.2 Å². The Labute approximate surface area is 126 Å². The van der Waals surface area contributed by atoms with Gasteiger partial charge < -0.3 is 0 Å². The molecule has 21 heavy (non-hydrogen) atoms. The van der Waals surface area contributed by atoms with E-state index in [0.717, 1.165) is 19.3 Å². The fourth-order valence-electron chi connectivity index (χ4n) is 3.44. The van der Waals surface area contributed by atoms with Gasteiger partial charge in [-0.05, 0) is 50.2 Å². The first-order valence-corrected chi connectivity index (χ1v) is 9.18. The van der Waals surface area contributed by atoms with E-state index in [1.54, 1.807) is 24.3 Å². The van der Waals surface area contributed by atoms with Gasteiger partial charge in [0.25, 0.3) is 0 Å². The molecule has 0 spiro atoms. The summed E-state index contributed by atoms with van der Waals surface area (Å²) in [5.41, 5.74) is -0.759. The molecule has 116 valence electrons. The average Bonchev–Trinajstić information content (AvgIpc) is 2.46. The van der Waals surface area contributed by atoms with Crippen LogP contribution >= 0.6 is 0 Å². The van der Waals surface area contributed by atoms with Crippen LogP contribution in [0.3, 0.4) is 0 Å². The molecular weight excluding hydrogens is 288 g/mol. The molecule has 1 aliphatic heterocycles. The first-order valence-electron chi connectivity index (χ1n) is 7.53. The molecule has 2 aliphatic rings. The number of hydrogen-bond acceptors (Lipinski definition) is 4. The molecule has 1 heterocycles. The van der Waals surface area contributed by atoms with Crippen LogP contribution < -0.4 is 0 Å². The van der Waals surface area contributed by atoms with Crippen LogP contribution in [0.25, 0.3) is 0 Å². The van der Waals surface area contributed by atoms with E-state index in [0.29, 0.717) is 10.8 Å². The Morgan fingerprint density at radius 1 is 1.24 bits per heavy atom. The van der Waals surface area contributed by atoms with Gasteiger partial charge in [-0.1, -0.05) is 25.1 Å². The van der Waals surface area contributed by atoms with E-state index in [1.165, 1.54) is 0 Å². The van der Waals surface area contributed by atoms with Crippen molar-refractivity contribution in [2.45, 2.75) is 49.7 Å². The van der Waals surface area contributed by atoms with E-state index in [9.17, 15) is 8.42 Å². The lowest BCUT2D eigenvalue weighted by atomic mass is 9.73. The number of fused-ring (bicyclic) bond motifs is 2. The van der Waals surface area contributed by atoms with Crippen molar-refractivity contribution in [3.63, 3.8) is 0 Å². The number of benzene rings is 1. The van der Waals surface area contributed by atoms with Crippen LogP contribution in [-0.2, 0) is 19.6 Å². The zero-order chi connectivity index (χ0) is 15.1. The fourth-order valence-corrected chi connectivity index (χ4v) is 5.22. The van der Waals surface area contributed by atoms with E-state index in [-0.39, 0.29) is 17.8 Å². The highest BCUT2D eigenvalue weighted by molar-refractivity contribution is 7.91. The lowest BCUT2D eigenvalue weighted by Gasteiger charge is -2.47. The first kappa shape index (κ1) is 15.0. The van der Waals surface area contributed by atoms with E-state index >= 15 is 0 Å². The third-order valence-corrected chi connectivity index (χ3v) is 6.87. The van der Waals surface area contributed by atoms with Crippen LogP contribution in [0.4, 0.5) is 0 Å². The molecule has 2 bridgehead atoms. The van der Waals surface area contributed by atoms with Gasteiger partial charge in [-0.3, -0.25) is 0 Å². The predicted molar refractivity (Wildman–Crippen MR) is 79.4 cm³/mol. The Morgan fingerprint density at radius 3 is 2.67 bits per heavy atom. The first-order chi connectivity index (χ1) is 9.91. The third kappa shape index (κ3) is 2.87.